The lowest BCUT2D eigenvalue weighted by Crippen LogP contribution is -2.38. The molecule has 4 N–H and O–H groups in total. The smallest absolute Gasteiger partial charge is 0.238 e. The number of sulfonamides is 1. The van der Waals surface area contributed by atoms with Crippen LogP contribution in [0.15, 0.2) is 52.6 Å². The van der Waals surface area contributed by atoms with Crippen molar-refractivity contribution in [2.24, 2.45) is 10.1 Å². The van der Waals surface area contributed by atoms with Crippen molar-refractivity contribution in [2.75, 3.05) is 19.6 Å². The number of aryl methyl sites for hydroxylation is 1. The molecule has 0 aliphatic rings. The highest BCUT2D eigenvalue weighted by molar-refractivity contribution is 14.0. The van der Waals surface area contributed by atoms with Gasteiger partial charge in [0, 0.05) is 38.6 Å². The number of halogens is 1. The Hall–Kier alpha value is -1.66. The monoisotopic (exact) mass is 506 g/mol. The maximum Gasteiger partial charge on any atom is 0.238 e. The highest BCUT2D eigenvalue weighted by Gasteiger charge is 2.06. The molecule has 0 saturated carbocycles. The summed E-state index contributed by atoms with van der Waals surface area (Å²) >= 11 is 0. The summed E-state index contributed by atoms with van der Waals surface area (Å²) in [7, 11) is -3.64. The molecule has 8 nitrogen and oxygen atoms in total. The third-order valence-electron chi connectivity index (χ3n) is 3.68. The van der Waals surface area contributed by atoms with E-state index in [1.54, 1.807) is 18.3 Å². The topological polar surface area (TPSA) is 114 Å². The molecule has 27 heavy (non-hydrogen) atoms. The molecular weight excluding hydrogens is 479 g/mol. The Morgan fingerprint density at radius 2 is 2.00 bits per heavy atom. The van der Waals surface area contributed by atoms with Gasteiger partial charge in [0.2, 0.25) is 10.0 Å². The zero-order valence-electron chi connectivity index (χ0n) is 15.3. The third-order valence-corrected chi connectivity index (χ3v) is 4.61. The van der Waals surface area contributed by atoms with E-state index in [0.717, 1.165) is 37.5 Å². The second kappa shape index (κ2) is 11.9. The Morgan fingerprint density at radius 3 is 2.59 bits per heavy atom. The quantitative estimate of drug-likeness (QED) is 0.206. The standard InChI is InChI=1S/C17H26N6O2S.HI/c1-2-19-17(20-10-3-13-23-14-4-11-22-23)21-12-9-15-5-7-16(8-6-15)26(18,24)25;/h4-8,11,14H,2-3,9-10,12-13H2,1H3,(H2,18,24,25)(H2,19,20,21);1H. The van der Waals surface area contributed by atoms with Crippen LogP contribution in [0.5, 0.6) is 0 Å². The minimum Gasteiger partial charge on any atom is -0.357 e. The van der Waals surface area contributed by atoms with Crippen molar-refractivity contribution >= 4 is 40.0 Å². The maximum atomic E-state index is 11.3. The molecule has 1 aromatic heterocycles. The molecule has 0 bridgehead atoms. The zero-order chi connectivity index (χ0) is 18.8. The van der Waals surface area contributed by atoms with Crippen LogP contribution >= 0.6 is 24.0 Å². The third kappa shape index (κ3) is 8.71. The van der Waals surface area contributed by atoms with E-state index in [1.165, 1.54) is 12.1 Å². The van der Waals surface area contributed by atoms with Crippen molar-refractivity contribution in [1.82, 2.24) is 20.4 Å². The SMILES string of the molecule is CCNC(=NCCCn1cccn1)NCCc1ccc(S(N)(=O)=O)cc1.I. The number of hydrogen-bond donors (Lipinski definition) is 3. The molecule has 0 unspecified atom stereocenters. The van der Waals surface area contributed by atoms with Crippen molar-refractivity contribution in [3.8, 4) is 0 Å². The fourth-order valence-electron chi connectivity index (χ4n) is 2.37. The number of aromatic nitrogens is 2. The molecule has 0 saturated heterocycles. The summed E-state index contributed by atoms with van der Waals surface area (Å²) in [5.74, 6) is 0.772. The number of hydrogen-bond acceptors (Lipinski definition) is 4. The van der Waals surface area contributed by atoms with Gasteiger partial charge in [0.1, 0.15) is 0 Å². The van der Waals surface area contributed by atoms with Gasteiger partial charge in [-0.2, -0.15) is 5.10 Å². The van der Waals surface area contributed by atoms with Gasteiger partial charge >= 0.3 is 0 Å². The van der Waals surface area contributed by atoms with Crippen molar-refractivity contribution in [3.63, 3.8) is 0 Å². The summed E-state index contributed by atoms with van der Waals surface area (Å²) in [5, 5.41) is 15.8. The van der Waals surface area contributed by atoms with Gasteiger partial charge in [-0.3, -0.25) is 9.67 Å². The number of aliphatic imine (C=N–C) groups is 1. The molecule has 10 heteroatoms. The summed E-state index contributed by atoms with van der Waals surface area (Å²) < 4.78 is 24.4. The second-order valence-electron chi connectivity index (χ2n) is 5.75. The molecule has 0 aliphatic carbocycles. The van der Waals surface area contributed by atoms with Crippen LogP contribution in [0.25, 0.3) is 0 Å². The van der Waals surface area contributed by atoms with E-state index in [2.05, 4.69) is 20.7 Å². The average Bonchev–Trinajstić information content (AvgIpc) is 3.12. The minimum absolute atomic E-state index is 0. The van der Waals surface area contributed by atoms with Crippen LogP contribution in [0.1, 0.15) is 18.9 Å². The van der Waals surface area contributed by atoms with E-state index >= 15 is 0 Å². The number of nitrogens with two attached hydrogens (primary N) is 1. The molecule has 2 aromatic rings. The molecule has 2 rings (SSSR count). The lowest BCUT2D eigenvalue weighted by atomic mass is 10.1. The van der Waals surface area contributed by atoms with Crippen molar-refractivity contribution < 1.29 is 8.42 Å². The molecule has 0 aliphatic heterocycles. The van der Waals surface area contributed by atoms with Gasteiger partial charge in [0.25, 0.3) is 0 Å². The van der Waals surface area contributed by atoms with Gasteiger partial charge in [-0.25, -0.2) is 13.6 Å². The molecule has 0 fully saturated rings. The van der Waals surface area contributed by atoms with Gasteiger partial charge in [0.05, 0.1) is 4.90 Å². The molecule has 0 amide bonds. The van der Waals surface area contributed by atoms with E-state index in [0.29, 0.717) is 13.1 Å². The fraction of sp³-hybridized carbons (Fsp3) is 0.412. The zero-order valence-corrected chi connectivity index (χ0v) is 18.5. The number of guanidine groups is 1. The Labute approximate surface area is 177 Å². The summed E-state index contributed by atoms with van der Waals surface area (Å²) in [4.78, 5) is 4.67. The van der Waals surface area contributed by atoms with Crippen LogP contribution < -0.4 is 15.8 Å². The van der Waals surface area contributed by atoms with Crippen LogP contribution in [0, 0.1) is 0 Å². The molecule has 1 aromatic carbocycles. The molecule has 0 atom stereocenters. The summed E-state index contributed by atoms with van der Waals surface area (Å²) in [6.45, 7) is 5.05. The van der Waals surface area contributed by atoms with E-state index in [-0.39, 0.29) is 28.9 Å². The first kappa shape index (κ1) is 23.4. The van der Waals surface area contributed by atoms with Gasteiger partial charge in [-0.15, -0.1) is 24.0 Å². The van der Waals surface area contributed by atoms with Crippen molar-refractivity contribution in [1.29, 1.82) is 0 Å². The largest absolute Gasteiger partial charge is 0.357 e. The number of rotatable bonds is 9. The van der Waals surface area contributed by atoms with Crippen LogP contribution in [0.4, 0.5) is 0 Å². The second-order valence-corrected chi connectivity index (χ2v) is 7.31. The maximum absolute atomic E-state index is 11.3. The van der Waals surface area contributed by atoms with Crippen LogP contribution in [0.2, 0.25) is 0 Å². The lowest BCUT2D eigenvalue weighted by molar-refractivity contribution is 0.584. The number of nitrogens with zero attached hydrogens (tertiary/aromatic N) is 3. The average molecular weight is 506 g/mol. The Kier molecular flexibility index (Phi) is 10.3. The first-order valence-electron chi connectivity index (χ1n) is 8.60. The van der Waals surface area contributed by atoms with Gasteiger partial charge in [-0.05, 0) is 43.5 Å². The van der Waals surface area contributed by atoms with Crippen molar-refractivity contribution in [3.05, 3.63) is 48.3 Å². The lowest BCUT2D eigenvalue weighted by Gasteiger charge is -2.11. The summed E-state index contributed by atoms with van der Waals surface area (Å²) in [6, 6.07) is 8.51. The number of primary sulfonamides is 1. The number of benzene rings is 1. The van der Waals surface area contributed by atoms with Crippen molar-refractivity contribution in [2.45, 2.75) is 31.2 Å². The van der Waals surface area contributed by atoms with Crippen LogP contribution in [0.3, 0.4) is 0 Å². The first-order valence-corrected chi connectivity index (χ1v) is 10.1. The fourth-order valence-corrected chi connectivity index (χ4v) is 2.88. The van der Waals surface area contributed by atoms with Crippen LogP contribution in [-0.4, -0.2) is 43.8 Å². The first-order chi connectivity index (χ1) is 12.5. The van der Waals surface area contributed by atoms with E-state index in [4.69, 9.17) is 5.14 Å². The molecule has 1 heterocycles. The molecule has 0 spiro atoms. The van der Waals surface area contributed by atoms with Gasteiger partial charge in [-0.1, -0.05) is 12.1 Å². The highest BCUT2D eigenvalue weighted by atomic mass is 127. The Morgan fingerprint density at radius 1 is 1.26 bits per heavy atom. The summed E-state index contributed by atoms with van der Waals surface area (Å²) in [5.41, 5.74) is 1.03. The highest BCUT2D eigenvalue weighted by Crippen LogP contribution is 2.08. The van der Waals surface area contributed by atoms with E-state index < -0.39 is 10.0 Å². The predicted octanol–water partition coefficient (Wildman–Crippen LogP) is 1.34. The Bertz CT molecular complexity index is 791. The van der Waals surface area contributed by atoms with Gasteiger partial charge in [0.15, 0.2) is 5.96 Å². The predicted molar refractivity (Wildman–Crippen MR) is 118 cm³/mol. The molecule has 150 valence electrons. The molecular formula is C17H27IN6O2S. The number of nitrogens with one attached hydrogen (secondary N) is 2. The minimum atomic E-state index is -3.64. The normalized spacial score (nSPS) is 11.7. The van der Waals surface area contributed by atoms with E-state index in [1.807, 2.05) is 23.9 Å². The van der Waals surface area contributed by atoms with Gasteiger partial charge < -0.3 is 10.6 Å². The van der Waals surface area contributed by atoms with Crippen LogP contribution in [-0.2, 0) is 23.0 Å². The summed E-state index contributed by atoms with van der Waals surface area (Å²) in [6.07, 6.45) is 5.37. The Balaban J connectivity index is 0.00000364. The molecule has 0 radical (unpaired) electrons. The van der Waals surface area contributed by atoms with E-state index in [9.17, 15) is 8.42 Å².